The summed E-state index contributed by atoms with van der Waals surface area (Å²) in [6, 6.07) is 11.1. The zero-order valence-corrected chi connectivity index (χ0v) is 7.32. The van der Waals surface area contributed by atoms with Gasteiger partial charge in [0, 0.05) is 18.5 Å². The van der Waals surface area contributed by atoms with Crippen molar-refractivity contribution < 1.29 is 0 Å². The second-order valence-corrected chi connectivity index (χ2v) is 2.79. The molecule has 0 radical (unpaired) electrons. The molecular formula is C10H10N2O. The summed E-state index contributed by atoms with van der Waals surface area (Å²) in [7, 11) is 1.73. The lowest BCUT2D eigenvalue weighted by Crippen LogP contribution is -2.25. The number of fused-ring (bicyclic) bond motifs is 1. The van der Waals surface area contributed by atoms with Crippen molar-refractivity contribution in [1.29, 1.82) is 0 Å². The Kier molecular flexibility index (Phi) is 1.77. The molecule has 1 aromatic heterocycles. The van der Waals surface area contributed by atoms with Crippen molar-refractivity contribution in [3.8, 4) is 0 Å². The van der Waals surface area contributed by atoms with Crippen LogP contribution in [0.2, 0.25) is 0 Å². The molecule has 0 saturated carbocycles. The Hall–Kier alpha value is -1.77. The summed E-state index contributed by atoms with van der Waals surface area (Å²) in [4.78, 5) is 11.4. The fourth-order valence-electron chi connectivity index (χ4n) is 1.42. The molecule has 0 bridgehead atoms. The number of para-hydroxylation sites is 1. The Morgan fingerprint density at radius 2 is 1.92 bits per heavy atom. The van der Waals surface area contributed by atoms with E-state index in [4.69, 9.17) is 0 Å². The molecule has 1 heterocycles. The monoisotopic (exact) mass is 174 g/mol. The Labute approximate surface area is 75.6 Å². The lowest BCUT2D eigenvalue weighted by Gasteiger charge is -2.07. The highest BCUT2D eigenvalue weighted by Crippen LogP contribution is 2.08. The number of nitrogens with one attached hydrogen (secondary N) is 1. The van der Waals surface area contributed by atoms with E-state index < -0.39 is 0 Å². The normalized spacial score (nSPS) is 10.2. The van der Waals surface area contributed by atoms with Crippen LogP contribution in [0.5, 0.6) is 0 Å². The van der Waals surface area contributed by atoms with E-state index in [-0.39, 0.29) is 5.56 Å². The van der Waals surface area contributed by atoms with Gasteiger partial charge in [-0.25, -0.2) is 4.68 Å². The maximum Gasteiger partial charge on any atom is 0.269 e. The SMILES string of the molecule is CNn1c(=O)ccc2ccccc21. The maximum absolute atomic E-state index is 11.4. The second-order valence-electron chi connectivity index (χ2n) is 2.79. The molecule has 0 spiro atoms. The largest absolute Gasteiger partial charge is 0.326 e. The zero-order valence-electron chi connectivity index (χ0n) is 7.32. The van der Waals surface area contributed by atoms with Crippen molar-refractivity contribution in [2.45, 2.75) is 0 Å². The molecule has 3 nitrogen and oxygen atoms in total. The topological polar surface area (TPSA) is 34.0 Å². The van der Waals surface area contributed by atoms with E-state index in [2.05, 4.69) is 5.43 Å². The van der Waals surface area contributed by atoms with Crippen molar-refractivity contribution >= 4 is 10.9 Å². The molecule has 0 aliphatic carbocycles. The standard InChI is InChI=1S/C10H10N2O/c1-11-12-9-5-3-2-4-8(9)6-7-10(12)13/h2-7,11H,1H3. The summed E-state index contributed by atoms with van der Waals surface area (Å²) in [5.74, 6) is 0. The number of benzene rings is 1. The van der Waals surface area contributed by atoms with Gasteiger partial charge in [-0.15, -0.1) is 0 Å². The molecule has 13 heavy (non-hydrogen) atoms. The van der Waals surface area contributed by atoms with Gasteiger partial charge in [0.05, 0.1) is 5.52 Å². The molecule has 66 valence electrons. The summed E-state index contributed by atoms with van der Waals surface area (Å²) in [5.41, 5.74) is 3.70. The molecule has 0 aliphatic heterocycles. The Bertz CT molecular complexity index is 487. The molecule has 0 atom stereocenters. The zero-order chi connectivity index (χ0) is 9.26. The van der Waals surface area contributed by atoms with E-state index in [1.165, 1.54) is 4.68 Å². The number of aromatic nitrogens is 1. The third kappa shape index (κ3) is 1.18. The van der Waals surface area contributed by atoms with Crippen LogP contribution in [-0.4, -0.2) is 11.7 Å². The van der Waals surface area contributed by atoms with E-state index in [0.29, 0.717) is 0 Å². The van der Waals surface area contributed by atoms with Crippen molar-refractivity contribution in [2.75, 3.05) is 12.5 Å². The third-order valence-corrected chi connectivity index (χ3v) is 2.03. The molecule has 0 unspecified atom stereocenters. The van der Waals surface area contributed by atoms with Gasteiger partial charge < -0.3 is 5.43 Å². The highest BCUT2D eigenvalue weighted by atomic mass is 16.1. The maximum atomic E-state index is 11.4. The number of hydrogen-bond acceptors (Lipinski definition) is 2. The van der Waals surface area contributed by atoms with Crippen LogP contribution in [0.3, 0.4) is 0 Å². The van der Waals surface area contributed by atoms with Crippen molar-refractivity contribution in [3.63, 3.8) is 0 Å². The van der Waals surface area contributed by atoms with Crippen LogP contribution in [0.25, 0.3) is 10.9 Å². The number of nitrogens with zero attached hydrogens (tertiary/aromatic N) is 1. The van der Waals surface area contributed by atoms with Gasteiger partial charge >= 0.3 is 0 Å². The quantitative estimate of drug-likeness (QED) is 0.704. The van der Waals surface area contributed by atoms with Gasteiger partial charge in [-0.3, -0.25) is 4.79 Å². The van der Waals surface area contributed by atoms with E-state index in [9.17, 15) is 4.79 Å². The highest BCUT2D eigenvalue weighted by Gasteiger charge is 1.98. The van der Waals surface area contributed by atoms with Crippen LogP contribution in [0.4, 0.5) is 0 Å². The first kappa shape index (κ1) is 7.86. The number of hydrogen-bond donors (Lipinski definition) is 1. The van der Waals surface area contributed by atoms with E-state index in [1.54, 1.807) is 13.1 Å². The molecule has 2 rings (SSSR count). The first-order chi connectivity index (χ1) is 6.33. The van der Waals surface area contributed by atoms with Gasteiger partial charge in [0.15, 0.2) is 0 Å². The van der Waals surface area contributed by atoms with Crippen LogP contribution in [-0.2, 0) is 0 Å². The average molecular weight is 174 g/mol. The number of rotatable bonds is 1. The Morgan fingerprint density at radius 3 is 2.69 bits per heavy atom. The summed E-state index contributed by atoms with van der Waals surface area (Å²) in [6.07, 6.45) is 0. The molecule has 0 saturated heterocycles. The van der Waals surface area contributed by atoms with Crippen molar-refractivity contribution in [3.05, 3.63) is 46.8 Å². The first-order valence-electron chi connectivity index (χ1n) is 4.11. The van der Waals surface area contributed by atoms with Gasteiger partial charge in [0.1, 0.15) is 0 Å². The second kappa shape index (κ2) is 2.94. The van der Waals surface area contributed by atoms with Crippen LogP contribution >= 0.6 is 0 Å². The molecule has 0 aliphatic rings. The van der Waals surface area contributed by atoms with Crippen LogP contribution < -0.4 is 11.0 Å². The first-order valence-corrected chi connectivity index (χ1v) is 4.11. The lowest BCUT2D eigenvalue weighted by atomic mass is 10.2. The van der Waals surface area contributed by atoms with Crippen LogP contribution in [0.15, 0.2) is 41.2 Å². The fourth-order valence-corrected chi connectivity index (χ4v) is 1.42. The van der Waals surface area contributed by atoms with Gasteiger partial charge in [0.25, 0.3) is 5.56 Å². The Balaban J connectivity index is 2.92. The molecule has 1 N–H and O–H groups in total. The number of pyridine rings is 1. The Morgan fingerprint density at radius 1 is 1.15 bits per heavy atom. The summed E-state index contributed by atoms with van der Waals surface area (Å²) in [6.45, 7) is 0. The van der Waals surface area contributed by atoms with Crippen LogP contribution in [0, 0.1) is 0 Å². The smallest absolute Gasteiger partial charge is 0.269 e. The highest BCUT2D eigenvalue weighted by molar-refractivity contribution is 5.78. The predicted octanol–water partition coefficient (Wildman–Crippen LogP) is 1.17. The fraction of sp³-hybridized carbons (Fsp3) is 0.100. The minimum atomic E-state index is -0.0406. The minimum Gasteiger partial charge on any atom is -0.326 e. The van der Waals surface area contributed by atoms with E-state index in [0.717, 1.165) is 10.9 Å². The van der Waals surface area contributed by atoms with Crippen molar-refractivity contribution in [2.24, 2.45) is 0 Å². The van der Waals surface area contributed by atoms with E-state index >= 15 is 0 Å². The van der Waals surface area contributed by atoms with Gasteiger partial charge in [-0.2, -0.15) is 0 Å². The predicted molar refractivity (Wildman–Crippen MR) is 53.5 cm³/mol. The molecule has 2 aromatic rings. The third-order valence-electron chi connectivity index (χ3n) is 2.03. The molecule has 3 heteroatoms. The van der Waals surface area contributed by atoms with Gasteiger partial charge in [0.2, 0.25) is 0 Å². The molecule has 0 fully saturated rings. The molecule has 1 aromatic carbocycles. The average Bonchev–Trinajstić information content (AvgIpc) is 2.18. The van der Waals surface area contributed by atoms with Gasteiger partial charge in [-0.1, -0.05) is 18.2 Å². The molecule has 0 amide bonds. The van der Waals surface area contributed by atoms with Crippen molar-refractivity contribution in [1.82, 2.24) is 4.68 Å². The summed E-state index contributed by atoms with van der Waals surface area (Å²) in [5, 5.41) is 1.05. The minimum absolute atomic E-state index is 0.0406. The summed E-state index contributed by atoms with van der Waals surface area (Å²) >= 11 is 0. The van der Waals surface area contributed by atoms with Crippen LogP contribution in [0.1, 0.15) is 0 Å². The lowest BCUT2D eigenvalue weighted by molar-refractivity contribution is 0.917. The van der Waals surface area contributed by atoms with E-state index in [1.807, 2.05) is 30.3 Å². The molecular weight excluding hydrogens is 164 g/mol. The summed E-state index contributed by atoms with van der Waals surface area (Å²) < 4.78 is 1.52. The van der Waals surface area contributed by atoms with Gasteiger partial charge in [-0.05, 0) is 12.1 Å².